The number of carbonyl (C=O) groups is 3. The van der Waals surface area contributed by atoms with Gasteiger partial charge >= 0.3 is 0 Å². The number of aryl methyl sites for hydroxylation is 1. The highest BCUT2D eigenvalue weighted by Gasteiger charge is 2.37. The predicted molar refractivity (Wildman–Crippen MR) is 152 cm³/mol. The Hall–Kier alpha value is -3.92. The van der Waals surface area contributed by atoms with Crippen LogP contribution in [0, 0.1) is 13.8 Å². The maximum atomic E-state index is 14.3. The number of amides is 3. The molecule has 1 atom stereocenters. The summed E-state index contributed by atoms with van der Waals surface area (Å²) in [6.07, 6.45) is 3.92. The number of aromatic nitrogens is 1. The Kier molecular flexibility index (Phi) is 8.01. The van der Waals surface area contributed by atoms with E-state index >= 15 is 0 Å². The summed E-state index contributed by atoms with van der Waals surface area (Å²) in [5.41, 5.74) is 15.4. The van der Waals surface area contributed by atoms with E-state index in [1.807, 2.05) is 75.3 Å². The number of benzene rings is 2. The summed E-state index contributed by atoms with van der Waals surface area (Å²) < 4.78 is 4.03. The molecule has 4 rings (SSSR count). The molecule has 1 saturated carbocycles. The molecule has 38 heavy (non-hydrogen) atoms. The van der Waals surface area contributed by atoms with Gasteiger partial charge in [0.05, 0.1) is 5.69 Å². The summed E-state index contributed by atoms with van der Waals surface area (Å²) in [6, 6.07) is 12.3. The molecule has 10 heteroatoms. The van der Waals surface area contributed by atoms with E-state index in [2.05, 4.69) is 9.69 Å². The van der Waals surface area contributed by atoms with Crippen LogP contribution in [0.15, 0.2) is 42.5 Å². The molecule has 0 aliphatic heterocycles. The summed E-state index contributed by atoms with van der Waals surface area (Å²) in [7, 11) is 3.88. The molecule has 1 aliphatic rings. The van der Waals surface area contributed by atoms with E-state index in [1.54, 1.807) is 0 Å². The Balaban J connectivity index is 1.90. The molecule has 3 aromatic rings. The van der Waals surface area contributed by atoms with Crippen molar-refractivity contribution in [1.82, 2.24) is 9.69 Å². The largest absolute Gasteiger partial charge is 0.395 e. The van der Waals surface area contributed by atoms with Gasteiger partial charge in [-0.2, -0.15) is 4.37 Å². The van der Waals surface area contributed by atoms with Crippen LogP contribution in [-0.2, 0) is 4.79 Å². The SMILES string of the molecule is Cc1cccc(N(C(=O)c2snc(C(N)=O)c2N)C(C(=O)NC2CCCC2)c2ccc(N(C)C)cc2)c1C. The summed E-state index contributed by atoms with van der Waals surface area (Å²) >= 11 is 0.804. The molecule has 2 aromatic carbocycles. The van der Waals surface area contributed by atoms with Crippen molar-refractivity contribution in [2.45, 2.75) is 51.6 Å². The van der Waals surface area contributed by atoms with E-state index in [1.165, 1.54) is 4.90 Å². The van der Waals surface area contributed by atoms with Gasteiger partial charge in [-0.15, -0.1) is 0 Å². The molecule has 1 fully saturated rings. The van der Waals surface area contributed by atoms with Gasteiger partial charge in [-0.3, -0.25) is 19.3 Å². The number of nitrogens with zero attached hydrogens (tertiary/aromatic N) is 3. The van der Waals surface area contributed by atoms with Crippen molar-refractivity contribution >= 4 is 46.3 Å². The number of nitrogens with one attached hydrogen (secondary N) is 1. The first-order valence-corrected chi connectivity index (χ1v) is 13.4. The minimum atomic E-state index is -0.988. The van der Waals surface area contributed by atoms with Crippen molar-refractivity contribution < 1.29 is 14.4 Å². The van der Waals surface area contributed by atoms with Crippen molar-refractivity contribution in [3.05, 3.63) is 69.7 Å². The van der Waals surface area contributed by atoms with Crippen LogP contribution in [0.3, 0.4) is 0 Å². The number of primary amides is 1. The number of anilines is 3. The van der Waals surface area contributed by atoms with Gasteiger partial charge in [0.25, 0.3) is 11.8 Å². The van der Waals surface area contributed by atoms with Gasteiger partial charge in [0.2, 0.25) is 5.91 Å². The third-order valence-corrected chi connectivity index (χ3v) is 7.99. The summed E-state index contributed by atoms with van der Waals surface area (Å²) in [4.78, 5) is 43.6. The third-order valence-electron chi connectivity index (χ3n) is 7.14. The maximum absolute atomic E-state index is 14.3. The zero-order valence-electron chi connectivity index (χ0n) is 22.2. The van der Waals surface area contributed by atoms with Crippen LogP contribution in [0.2, 0.25) is 0 Å². The van der Waals surface area contributed by atoms with Crippen molar-refractivity contribution in [3.8, 4) is 0 Å². The molecular formula is C28H34N6O3S. The highest BCUT2D eigenvalue weighted by Crippen LogP contribution is 2.36. The molecule has 1 unspecified atom stereocenters. The predicted octanol–water partition coefficient (Wildman–Crippen LogP) is 3.95. The second kappa shape index (κ2) is 11.2. The molecule has 0 bridgehead atoms. The molecular weight excluding hydrogens is 500 g/mol. The topological polar surface area (TPSA) is 135 Å². The van der Waals surface area contributed by atoms with Gasteiger partial charge in [0.15, 0.2) is 5.69 Å². The van der Waals surface area contributed by atoms with Crippen molar-refractivity contribution in [3.63, 3.8) is 0 Å². The molecule has 0 spiro atoms. The highest BCUT2D eigenvalue weighted by molar-refractivity contribution is 7.09. The standard InChI is InChI=1S/C28H34N6O3S/c1-16-8-7-11-21(17(16)2)34(28(37)25-22(29)23(26(30)35)32-38-25)24(27(36)31-19-9-5-6-10-19)18-12-14-20(15-13-18)33(3)4/h7-8,11-15,19,24H,5-6,9-10,29H2,1-4H3,(H2,30,35)(H,31,36). The van der Waals surface area contributed by atoms with E-state index in [4.69, 9.17) is 11.5 Å². The van der Waals surface area contributed by atoms with Crippen LogP contribution in [0.25, 0.3) is 0 Å². The van der Waals surface area contributed by atoms with Crippen LogP contribution in [0.5, 0.6) is 0 Å². The molecule has 1 aliphatic carbocycles. The molecule has 1 aromatic heterocycles. The number of rotatable bonds is 8. The van der Waals surface area contributed by atoms with E-state index < -0.39 is 17.9 Å². The fourth-order valence-electron chi connectivity index (χ4n) is 4.82. The first-order valence-electron chi connectivity index (χ1n) is 12.6. The number of carbonyl (C=O) groups excluding carboxylic acids is 3. The Morgan fingerprint density at radius 3 is 2.29 bits per heavy atom. The molecule has 200 valence electrons. The quantitative estimate of drug-likeness (QED) is 0.401. The summed E-state index contributed by atoms with van der Waals surface area (Å²) in [6.45, 7) is 3.87. The first kappa shape index (κ1) is 27.1. The minimum Gasteiger partial charge on any atom is -0.395 e. The molecule has 1 heterocycles. The maximum Gasteiger partial charge on any atom is 0.273 e. The van der Waals surface area contributed by atoms with E-state index in [9.17, 15) is 14.4 Å². The van der Waals surface area contributed by atoms with E-state index in [-0.39, 0.29) is 28.2 Å². The molecule has 0 saturated heterocycles. The molecule has 9 nitrogen and oxygen atoms in total. The van der Waals surface area contributed by atoms with Crippen molar-refractivity contribution in [1.29, 1.82) is 0 Å². The smallest absolute Gasteiger partial charge is 0.273 e. The van der Waals surface area contributed by atoms with E-state index in [0.29, 0.717) is 11.3 Å². The normalized spacial score (nSPS) is 14.2. The Morgan fingerprint density at radius 1 is 1.05 bits per heavy atom. The summed E-state index contributed by atoms with van der Waals surface area (Å²) in [5, 5.41) is 3.18. The van der Waals surface area contributed by atoms with Gasteiger partial charge in [-0.05, 0) is 73.1 Å². The fraction of sp³-hybridized carbons (Fsp3) is 0.357. The van der Waals surface area contributed by atoms with Crippen LogP contribution in [-0.4, -0.2) is 42.2 Å². The monoisotopic (exact) mass is 534 g/mol. The van der Waals surface area contributed by atoms with Crippen LogP contribution < -0.4 is 26.6 Å². The second-order valence-corrected chi connectivity index (χ2v) is 10.7. The number of hydrogen-bond donors (Lipinski definition) is 3. The van der Waals surface area contributed by atoms with Gasteiger partial charge in [-0.25, -0.2) is 0 Å². The zero-order chi connectivity index (χ0) is 27.6. The first-order chi connectivity index (χ1) is 18.1. The second-order valence-electron chi connectivity index (χ2n) is 9.91. The van der Waals surface area contributed by atoms with Gasteiger partial charge in [0.1, 0.15) is 10.9 Å². The highest BCUT2D eigenvalue weighted by atomic mass is 32.1. The average Bonchev–Trinajstić information content (AvgIpc) is 3.53. The van der Waals surface area contributed by atoms with Crippen LogP contribution >= 0.6 is 11.5 Å². The van der Waals surface area contributed by atoms with Crippen LogP contribution in [0.1, 0.15) is 68.6 Å². The van der Waals surface area contributed by atoms with Crippen molar-refractivity contribution in [2.75, 3.05) is 29.6 Å². The molecule has 5 N–H and O–H groups in total. The van der Waals surface area contributed by atoms with Crippen LogP contribution in [0.4, 0.5) is 17.1 Å². The number of nitrogen functional groups attached to an aromatic ring is 1. The lowest BCUT2D eigenvalue weighted by molar-refractivity contribution is -0.123. The Labute approximate surface area is 227 Å². The van der Waals surface area contributed by atoms with Gasteiger partial charge in [-0.1, -0.05) is 37.1 Å². The number of hydrogen-bond acceptors (Lipinski definition) is 7. The average molecular weight is 535 g/mol. The lowest BCUT2D eigenvalue weighted by Gasteiger charge is -2.33. The van der Waals surface area contributed by atoms with E-state index in [0.717, 1.165) is 54.0 Å². The Morgan fingerprint density at radius 2 is 1.71 bits per heavy atom. The lowest BCUT2D eigenvalue weighted by Crippen LogP contribution is -2.46. The molecule has 0 radical (unpaired) electrons. The minimum absolute atomic E-state index is 0.0524. The Bertz CT molecular complexity index is 1350. The fourth-order valence-corrected chi connectivity index (χ4v) is 5.57. The van der Waals surface area contributed by atoms with Gasteiger partial charge in [0, 0.05) is 31.5 Å². The number of nitrogens with two attached hydrogens (primary N) is 2. The summed E-state index contributed by atoms with van der Waals surface area (Å²) in [5.74, 6) is -1.61. The lowest BCUT2D eigenvalue weighted by atomic mass is 9.99. The zero-order valence-corrected chi connectivity index (χ0v) is 23.0. The van der Waals surface area contributed by atoms with Crippen molar-refractivity contribution in [2.24, 2.45) is 5.73 Å². The molecule has 3 amide bonds. The third kappa shape index (κ3) is 5.35. The van der Waals surface area contributed by atoms with Gasteiger partial charge < -0.3 is 21.7 Å².